The van der Waals surface area contributed by atoms with Gasteiger partial charge in [-0.1, -0.05) is 35.5 Å². The van der Waals surface area contributed by atoms with Crippen molar-refractivity contribution in [2.24, 2.45) is 0 Å². The standard InChI is InChI=1S/C28H26FN3O4S/c1-18-7-13-21(14-8-18)30-24-25(28(35)32(27(24)34)15-4-16-36-2)37-23-6-3-5-22(17-23)31-26(33)19-9-11-20(29)12-10-19/h3,5-14,17,30H,4,15-16H2,1-2H3,(H,31,33). The summed E-state index contributed by atoms with van der Waals surface area (Å²) in [5.74, 6) is -1.60. The lowest BCUT2D eigenvalue weighted by Crippen LogP contribution is -2.33. The summed E-state index contributed by atoms with van der Waals surface area (Å²) in [5, 5.41) is 5.91. The third-order valence-electron chi connectivity index (χ3n) is 5.59. The highest BCUT2D eigenvalue weighted by atomic mass is 32.2. The van der Waals surface area contributed by atoms with Crippen LogP contribution in [0.15, 0.2) is 88.3 Å². The Morgan fingerprint density at radius 3 is 2.41 bits per heavy atom. The average molecular weight is 520 g/mol. The van der Waals surface area contributed by atoms with E-state index in [2.05, 4.69) is 10.6 Å². The Hall–Kier alpha value is -3.95. The van der Waals surface area contributed by atoms with Crippen LogP contribution in [0.2, 0.25) is 0 Å². The van der Waals surface area contributed by atoms with Gasteiger partial charge < -0.3 is 15.4 Å². The lowest BCUT2D eigenvalue weighted by atomic mass is 10.2. The van der Waals surface area contributed by atoms with Gasteiger partial charge in [-0.2, -0.15) is 0 Å². The number of methoxy groups -OCH3 is 1. The van der Waals surface area contributed by atoms with E-state index in [1.807, 2.05) is 31.2 Å². The molecular weight excluding hydrogens is 493 g/mol. The third kappa shape index (κ3) is 6.44. The second kappa shape index (κ2) is 11.9. The number of hydrogen-bond donors (Lipinski definition) is 2. The van der Waals surface area contributed by atoms with Gasteiger partial charge >= 0.3 is 0 Å². The molecule has 0 bridgehead atoms. The molecule has 0 aliphatic carbocycles. The van der Waals surface area contributed by atoms with Gasteiger partial charge in [0.2, 0.25) is 0 Å². The maximum atomic E-state index is 13.3. The number of benzene rings is 3. The van der Waals surface area contributed by atoms with E-state index in [9.17, 15) is 18.8 Å². The number of nitrogens with one attached hydrogen (secondary N) is 2. The Morgan fingerprint density at radius 1 is 0.973 bits per heavy atom. The second-order valence-corrected chi connectivity index (χ2v) is 9.48. The number of halogens is 1. The van der Waals surface area contributed by atoms with Crippen LogP contribution in [0.4, 0.5) is 15.8 Å². The lowest BCUT2D eigenvalue weighted by molar-refractivity contribution is -0.137. The first-order valence-corrected chi connectivity index (χ1v) is 12.5. The van der Waals surface area contributed by atoms with Gasteiger partial charge in [0, 0.05) is 42.1 Å². The summed E-state index contributed by atoms with van der Waals surface area (Å²) in [7, 11) is 1.57. The first-order chi connectivity index (χ1) is 17.9. The number of hydrogen-bond acceptors (Lipinski definition) is 6. The molecule has 0 atom stereocenters. The van der Waals surface area contributed by atoms with Crippen LogP contribution in [0.1, 0.15) is 22.3 Å². The number of carbonyl (C=O) groups excluding carboxylic acids is 3. The van der Waals surface area contributed by atoms with Crippen molar-refractivity contribution in [3.63, 3.8) is 0 Å². The minimum Gasteiger partial charge on any atom is -0.385 e. The summed E-state index contributed by atoms with van der Waals surface area (Å²) in [6, 6.07) is 19.7. The van der Waals surface area contributed by atoms with Crippen LogP contribution in [0.3, 0.4) is 0 Å². The molecule has 0 aromatic heterocycles. The van der Waals surface area contributed by atoms with Crippen molar-refractivity contribution < 1.29 is 23.5 Å². The zero-order valence-corrected chi connectivity index (χ0v) is 21.2. The molecule has 3 aromatic rings. The van der Waals surface area contributed by atoms with E-state index >= 15 is 0 Å². The molecule has 0 fully saturated rings. The normalized spacial score (nSPS) is 13.3. The van der Waals surface area contributed by atoms with Crippen LogP contribution in [-0.4, -0.2) is 42.9 Å². The molecule has 9 heteroatoms. The van der Waals surface area contributed by atoms with Crippen molar-refractivity contribution in [1.82, 2.24) is 4.90 Å². The van der Waals surface area contributed by atoms with Crippen LogP contribution in [-0.2, 0) is 14.3 Å². The number of ether oxygens (including phenoxy) is 1. The van der Waals surface area contributed by atoms with Gasteiger partial charge in [0.05, 0.1) is 0 Å². The molecule has 190 valence electrons. The molecule has 1 aliphatic rings. The number of anilines is 2. The highest BCUT2D eigenvalue weighted by Crippen LogP contribution is 2.37. The summed E-state index contributed by atoms with van der Waals surface area (Å²) in [6.07, 6.45) is 0.522. The molecule has 4 rings (SSSR count). The largest absolute Gasteiger partial charge is 0.385 e. The predicted octanol–water partition coefficient (Wildman–Crippen LogP) is 5.21. The molecule has 0 radical (unpaired) electrons. The molecule has 3 amide bonds. The molecule has 2 N–H and O–H groups in total. The number of rotatable bonds is 10. The van der Waals surface area contributed by atoms with Gasteiger partial charge in [-0.3, -0.25) is 19.3 Å². The predicted molar refractivity (Wildman–Crippen MR) is 142 cm³/mol. The summed E-state index contributed by atoms with van der Waals surface area (Å²) in [6.45, 7) is 2.63. The molecule has 0 saturated carbocycles. The number of aryl methyl sites for hydroxylation is 1. The first kappa shape index (κ1) is 26.1. The molecule has 7 nitrogen and oxygen atoms in total. The summed E-state index contributed by atoms with van der Waals surface area (Å²) in [5.41, 5.74) is 2.79. The molecule has 1 aliphatic heterocycles. The molecular formula is C28H26FN3O4S. The fraction of sp³-hybridized carbons (Fsp3) is 0.179. The van der Waals surface area contributed by atoms with Crippen molar-refractivity contribution in [3.8, 4) is 0 Å². The summed E-state index contributed by atoms with van der Waals surface area (Å²) in [4.78, 5) is 41.2. The second-order valence-electron chi connectivity index (χ2n) is 8.39. The van der Waals surface area contributed by atoms with Crippen molar-refractivity contribution in [2.45, 2.75) is 18.2 Å². The fourth-order valence-corrected chi connectivity index (χ4v) is 4.68. The van der Waals surface area contributed by atoms with Gasteiger partial charge in [-0.15, -0.1) is 0 Å². The van der Waals surface area contributed by atoms with Crippen LogP contribution in [0, 0.1) is 12.7 Å². The maximum absolute atomic E-state index is 13.3. The van der Waals surface area contributed by atoms with E-state index in [4.69, 9.17) is 4.74 Å². The number of imide groups is 1. The molecule has 0 spiro atoms. The number of thioether (sulfide) groups is 1. The van der Waals surface area contributed by atoms with Gasteiger partial charge in [0.15, 0.2) is 0 Å². The minimum atomic E-state index is -0.426. The van der Waals surface area contributed by atoms with Crippen LogP contribution >= 0.6 is 11.8 Å². The molecule has 37 heavy (non-hydrogen) atoms. The van der Waals surface area contributed by atoms with E-state index in [-0.39, 0.29) is 29.0 Å². The lowest BCUT2D eigenvalue weighted by Gasteiger charge is -2.14. The third-order valence-corrected chi connectivity index (χ3v) is 6.67. The van der Waals surface area contributed by atoms with Gasteiger partial charge in [-0.25, -0.2) is 4.39 Å². The zero-order valence-electron chi connectivity index (χ0n) is 20.4. The Balaban J connectivity index is 1.57. The summed E-state index contributed by atoms with van der Waals surface area (Å²) >= 11 is 1.15. The van der Waals surface area contributed by atoms with Crippen molar-refractivity contribution in [2.75, 3.05) is 30.9 Å². The monoisotopic (exact) mass is 519 g/mol. The van der Waals surface area contributed by atoms with E-state index in [1.54, 1.807) is 31.4 Å². The van der Waals surface area contributed by atoms with Crippen molar-refractivity contribution in [1.29, 1.82) is 0 Å². The van der Waals surface area contributed by atoms with Crippen molar-refractivity contribution in [3.05, 3.63) is 100 Å². The van der Waals surface area contributed by atoms with Crippen LogP contribution in [0.25, 0.3) is 0 Å². The first-order valence-electron chi connectivity index (χ1n) is 11.6. The molecule has 0 unspecified atom stereocenters. The molecule has 0 saturated heterocycles. The van der Waals surface area contributed by atoms with E-state index in [0.717, 1.165) is 17.3 Å². The topological polar surface area (TPSA) is 87.7 Å². The summed E-state index contributed by atoms with van der Waals surface area (Å²) < 4.78 is 18.3. The fourth-order valence-electron chi connectivity index (χ4n) is 3.67. The minimum absolute atomic E-state index is 0.206. The maximum Gasteiger partial charge on any atom is 0.278 e. The van der Waals surface area contributed by atoms with Crippen LogP contribution in [0.5, 0.6) is 0 Å². The average Bonchev–Trinajstić information content (AvgIpc) is 3.10. The van der Waals surface area contributed by atoms with E-state index in [0.29, 0.717) is 34.9 Å². The Labute approximate surface area is 218 Å². The highest BCUT2D eigenvalue weighted by Gasteiger charge is 2.38. The molecule has 3 aromatic carbocycles. The Morgan fingerprint density at radius 2 is 1.70 bits per heavy atom. The van der Waals surface area contributed by atoms with Crippen LogP contribution < -0.4 is 10.6 Å². The van der Waals surface area contributed by atoms with Gasteiger partial charge in [-0.05, 0) is 67.9 Å². The smallest absolute Gasteiger partial charge is 0.278 e. The Kier molecular flexibility index (Phi) is 8.37. The SMILES string of the molecule is COCCCN1C(=O)C(Nc2ccc(C)cc2)=C(Sc2cccc(NC(=O)c3ccc(F)cc3)c2)C1=O. The number of carbonyl (C=O) groups is 3. The van der Waals surface area contributed by atoms with Gasteiger partial charge in [0.25, 0.3) is 17.7 Å². The molecule has 1 heterocycles. The highest BCUT2D eigenvalue weighted by molar-refractivity contribution is 8.04. The van der Waals surface area contributed by atoms with Gasteiger partial charge in [0.1, 0.15) is 16.4 Å². The Bertz CT molecular complexity index is 1340. The van der Waals surface area contributed by atoms with E-state index < -0.39 is 11.7 Å². The zero-order chi connectivity index (χ0) is 26.4. The van der Waals surface area contributed by atoms with E-state index in [1.165, 1.54) is 29.2 Å². The van der Waals surface area contributed by atoms with Crippen molar-refractivity contribution >= 4 is 40.9 Å². The quantitative estimate of drug-likeness (QED) is 0.283. The number of amides is 3. The number of nitrogens with zero attached hydrogens (tertiary/aromatic N) is 1.